The molecule has 4 atom stereocenters. The molecule has 2 aliphatic rings. The fourth-order valence-corrected chi connectivity index (χ4v) is 4.78. The number of Topliss-reactive ketones (excluding diaryl/α,β-unsaturated/α-hetero) is 1. The van der Waals surface area contributed by atoms with Gasteiger partial charge in [-0.1, -0.05) is 0 Å². The van der Waals surface area contributed by atoms with E-state index in [0.29, 0.717) is 0 Å². The molecule has 3 N–H and O–H groups in total. The molecule has 3 unspecified atom stereocenters. The van der Waals surface area contributed by atoms with Gasteiger partial charge in [0.15, 0.2) is 5.76 Å². The molecule has 2 aliphatic heterocycles. The van der Waals surface area contributed by atoms with E-state index >= 15 is 0 Å². The lowest BCUT2D eigenvalue weighted by Gasteiger charge is -2.53. The van der Waals surface area contributed by atoms with Gasteiger partial charge in [0.2, 0.25) is 11.7 Å². The molecule has 2 fully saturated rings. The quantitative estimate of drug-likeness (QED) is 0.403. The second-order valence-electron chi connectivity index (χ2n) is 5.40. The molecule has 2 saturated heterocycles. The van der Waals surface area contributed by atoms with Crippen molar-refractivity contribution >= 4 is 42.1 Å². The normalized spacial score (nSPS) is 32.1. The predicted molar refractivity (Wildman–Crippen MR) is 81.8 cm³/mol. The highest BCUT2D eigenvalue weighted by Gasteiger charge is 2.59. The largest absolute Gasteiger partial charge is 0.481 e. The van der Waals surface area contributed by atoms with Gasteiger partial charge < -0.3 is 20.2 Å². The second kappa shape index (κ2) is 5.32. The van der Waals surface area contributed by atoms with Gasteiger partial charge in [-0.3, -0.25) is 14.4 Å². The topological polar surface area (TPSA) is 114 Å². The first-order valence-corrected chi connectivity index (χ1v) is 8.12. The molecule has 22 heavy (non-hydrogen) atoms. The molecule has 3 rings (SSSR count). The third-order valence-corrected chi connectivity index (χ3v) is 6.41. The van der Waals surface area contributed by atoms with Crippen LogP contribution in [0.3, 0.4) is 0 Å². The van der Waals surface area contributed by atoms with Crippen LogP contribution in [0, 0.1) is 5.41 Å². The third-order valence-electron chi connectivity index (χ3n) is 4.11. The number of rotatable bonds is 4. The minimum absolute atomic E-state index is 0.0550. The molecule has 118 valence electrons. The Hall–Kier alpha value is -1.45. The number of hydrogen-bond donors (Lipinski definition) is 3. The van der Waals surface area contributed by atoms with E-state index in [9.17, 15) is 19.5 Å². The summed E-state index contributed by atoms with van der Waals surface area (Å²) in [4.78, 5) is 37.4. The number of thioether (sulfide) groups is 1. The molecule has 7 nitrogen and oxygen atoms in total. The third kappa shape index (κ3) is 2.07. The zero-order valence-electron chi connectivity index (χ0n) is 11.3. The van der Waals surface area contributed by atoms with E-state index in [4.69, 9.17) is 10.2 Å². The number of nitrogens with zero attached hydrogens (tertiary/aromatic N) is 1. The lowest BCUT2D eigenvalue weighted by molar-refractivity contribution is -0.156. The molecular weight excluding hydrogens is 328 g/mol. The highest BCUT2D eigenvalue weighted by atomic mass is 32.2. The molecular formula is C13H14N2O5S2. The van der Waals surface area contributed by atoms with E-state index in [1.54, 1.807) is 6.07 Å². The van der Waals surface area contributed by atoms with Gasteiger partial charge in [0, 0.05) is 12.3 Å². The minimum atomic E-state index is -1.47. The maximum absolute atomic E-state index is 12.4. The smallest absolute Gasteiger partial charge is 0.313 e. The Morgan fingerprint density at radius 3 is 2.91 bits per heavy atom. The molecule has 1 aromatic heterocycles. The van der Waals surface area contributed by atoms with Crippen LogP contribution >= 0.6 is 24.4 Å². The number of thiol groups is 1. The Morgan fingerprint density at radius 2 is 2.32 bits per heavy atom. The lowest BCUT2D eigenvalue weighted by Crippen LogP contribution is -2.73. The summed E-state index contributed by atoms with van der Waals surface area (Å²) in [7, 11) is 0. The van der Waals surface area contributed by atoms with Crippen LogP contribution in [-0.2, 0) is 9.59 Å². The maximum atomic E-state index is 12.4. The van der Waals surface area contributed by atoms with Crippen LogP contribution in [0.4, 0.5) is 0 Å². The number of furan rings is 1. The summed E-state index contributed by atoms with van der Waals surface area (Å²) in [5, 5.41) is 8.33. The average molecular weight is 342 g/mol. The SMILES string of the molecule is NC1C(=O)N2CC(C(=O)O)(C(S)C(=O)c3ccco3)CS[C@H]12. The van der Waals surface area contributed by atoms with Crippen molar-refractivity contribution in [2.75, 3.05) is 12.3 Å². The summed E-state index contributed by atoms with van der Waals surface area (Å²) >= 11 is 5.52. The molecule has 0 aliphatic carbocycles. The van der Waals surface area contributed by atoms with Crippen molar-refractivity contribution in [3.05, 3.63) is 24.2 Å². The van der Waals surface area contributed by atoms with Crippen molar-refractivity contribution in [2.45, 2.75) is 16.7 Å². The fraction of sp³-hybridized carbons (Fsp3) is 0.462. The van der Waals surface area contributed by atoms with Crippen molar-refractivity contribution in [1.82, 2.24) is 4.90 Å². The minimum Gasteiger partial charge on any atom is -0.481 e. The molecule has 0 saturated carbocycles. The highest BCUT2D eigenvalue weighted by Crippen LogP contribution is 2.45. The Bertz CT molecular complexity index is 634. The van der Waals surface area contributed by atoms with E-state index in [1.165, 1.54) is 29.0 Å². The number of carbonyl (C=O) groups is 3. The summed E-state index contributed by atoms with van der Waals surface area (Å²) < 4.78 is 5.03. The Morgan fingerprint density at radius 1 is 1.59 bits per heavy atom. The van der Waals surface area contributed by atoms with Crippen LogP contribution in [0.15, 0.2) is 22.8 Å². The molecule has 0 aromatic carbocycles. The Labute approximate surface area is 135 Å². The first-order valence-electron chi connectivity index (χ1n) is 6.55. The molecule has 1 aromatic rings. The fourth-order valence-electron chi connectivity index (χ4n) is 2.71. The molecule has 0 bridgehead atoms. The zero-order valence-corrected chi connectivity index (χ0v) is 13.0. The Kier molecular flexibility index (Phi) is 3.74. The summed E-state index contributed by atoms with van der Waals surface area (Å²) in [6.07, 6.45) is 1.34. The number of carboxylic acid groups (broad SMARTS) is 1. The number of ketones is 1. The molecule has 1 amide bonds. The van der Waals surface area contributed by atoms with Gasteiger partial charge >= 0.3 is 5.97 Å². The average Bonchev–Trinajstić information content (AvgIpc) is 3.06. The van der Waals surface area contributed by atoms with Crippen molar-refractivity contribution in [3.8, 4) is 0 Å². The molecule has 9 heteroatoms. The van der Waals surface area contributed by atoms with Crippen LogP contribution in [0.2, 0.25) is 0 Å². The lowest BCUT2D eigenvalue weighted by atomic mass is 9.81. The molecule has 3 heterocycles. The summed E-state index contributed by atoms with van der Waals surface area (Å²) in [5.74, 6) is -1.75. The number of carbonyl (C=O) groups excluding carboxylic acids is 2. The molecule has 0 spiro atoms. The first-order chi connectivity index (χ1) is 10.4. The summed E-state index contributed by atoms with van der Waals surface area (Å²) in [6.45, 7) is -0.0762. The zero-order chi connectivity index (χ0) is 16.1. The number of β-lactam (4-membered cyclic amide) rings is 1. The number of amides is 1. The van der Waals surface area contributed by atoms with E-state index in [0.717, 1.165) is 0 Å². The van der Waals surface area contributed by atoms with Gasteiger partial charge in [-0.05, 0) is 12.1 Å². The van der Waals surface area contributed by atoms with E-state index in [-0.39, 0.29) is 29.3 Å². The van der Waals surface area contributed by atoms with Crippen molar-refractivity contribution in [1.29, 1.82) is 0 Å². The van der Waals surface area contributed by atoms with Crippen molar-refractivity contribution < 1.29 is 23.9 Å². The van der Waals surface area contributed by atoms with Gasteiger partial charge in [-0.2, -0.15) is 12.6 Å². The first kappa shape index (κ1) is 15.4. The highest BCUT2D eigenvalue weighted by molar-refractivity contribution is 8.00. The number of hydrogen-bond acceptors (Lipinski definition) is 7. The number of nitrogens with two attached hydrogens (primary N) is 1. The van der Waals surface area contributed by atoms with Gasteiger partial charge in [-0.15, -0.1) is 11.8 Å². The van der Waals surface area contributed by atoms with Crippen LogP contribution < -0.4 is 5.73 Å². The van der Waals surface area contributed by atoms with E-state index in [1.807, 2.05) is 0 Å². The maximum Gasteiger partial charge on any atom is 0.313 e. The monoisotopic (exact) mass is 342 g/mol. The second-order valence-corrected chi connectivity index (χ2v) is 7.02. The van der Waals surface area contributed by atoms with Crippen LogP contribution in [-0.4, -0.2) is 56.6 Å². The van der Waals surface area contributed by atoms with Crippen molar-refractivity contribution in [3.63, 3.8) is 0 Å². The van der Waals surface area contributed by atoms with Gasteiger partial charge in [0.25, 0.3) is 0 Å². The molecule has 0 radical (unpaired) electrons. The number of aliphatic carboxylic acids is 1. The predicted octanol–water partition coefficient (Wildman–Crippen LogP) is 0.0741. The number of carboxylic acids is 1. The summed E-state index contributed by atoms with van der Waals surface area (Å²) in [5.41, 5.74) is 4.23. The Balaban J connectivity index is 1.88. The van der Waals surface area contributed by atoms with Gasteiger partial charge in [-0.25, -0.2) is 0 Å². The summed E-state index contributed by atoms with van der Waals surface area (Å²) in [6, 6.07) is 2.41. The van der Waals surface area contributed by atoms with E-state index in [2.05, 4.69) is 12.6 Å². The van der Waals surface area contributed by atoms with Crippen LogP contribution in [0.5, 0.6) is 0 Å². The standard InChI is InChI=1S/C13H14N2O5S2/c14-7-10(17)15-4-13(12(18)19,5-22-11(7)15)9(21)8(16)6-2-1-3-20-6/h1-3,7,9,11,21H,4-5,14H2,(H,18,19)/t7?,9?,11-,13?/m1/s1. The van der Waals surface area contributed by atoms with Gasteiger partial charge in [0.05, 0.1) is 11.5 Å². The van der Waals surface area contributed by atoms with Crippen LogP contribution in [0.1, 0.15) is 10.6 Å². The van der Waals surface area contributed by atoms with Crippen molar-refractivity contribution in [2.24, 2.45) is 11.1 Å². The van der Waals surface area contributed by atoms with Crippen LogP contribution in [0.25, 0.3) is 0 Å². The van der Waals surface area contributed by atoms with Gasteiger partial charge in [0.1, 0.15) is 16.8 Å². The number of fused-ring (bicyclic) bond motifs is 1. The van der Waals surface area contributed by atoms with E-state index < -0.39 is 28.5 Å².